The molecular formula is C26H19N3O2S. The molecule has 0 spiro atoms. The number of hydrogen-bond acceptors (Lipinski definition) is 5. The number of nitrogens with zero attached hydrogens (tertiary/aromatic N) is 3. The maximum absolute atomic E-state index is 12.7. The molecule has 0 saturated heterocycles. The highest BCUT2D eigenvalue weighted by Crippen LogP contribution is 2.15. The van der Waals surface area contributed by atoms with Crippen LogP contribution in [0.3, 0.4) is 0 Å². The Kier molecular flexibility index (Phi) is 5.59. The summed E-state index contributed by atoms with van der Waals surface area (Å²) in [6.07, 6.45) is 5.59. The van der Waals surface area contributed by atoms with E-state index in [1.165, 1.54) is 15.9 Å². The third kappa shape index (κ3) is 4.50. The molecule has 0 fully saturated rings. The van der Waals surface area contributed by atoms with E-state index in [1.807, 2.05) is 103 Å². The van der Waals surface area contributed by atoms with Crippen LogP contribution in [0.25, 0.3) is 23.2 Å². The maximum Gasteiger partial charge on any atom is 0.291 e. The SMILES string of the molecule is O=c1c(=Cc2ccc(OCc3ccccc3)cc2)sc2nc(C=Cc3ccccc3)nn12. The van der Waals surface area contributed by atoms with Crippen LogP contribution in [-0.2, 0) is 6.61 Å². The second-order valence-corrected chi connectivity index (χ2v) is 8.18. The molecule has 0 radical (unpaired) electrons. The molecule has 0 N–H and O–H groups in total. The molecule has 3 aromatic carbocycles. The van der Waals surface area contributed by atoms with Gasteiger partial charge in [0.1, 0.15) is 12.4 Å². The Hall–Kier alpha value is -4.03. The Bertz CT molecular complexity index is 1470. The average Bonchev–Trinajstić information content (AvgIpc) is 3.37. The van der Waals surface area contributed by atoms with E-state index in [9.17, 15) is 4.79 Å². The topological polar surface area (TPSA) is 56.5 Å². The Balaban J connectivity index is 1.32. The molecule has 5 aromatic rings. The van der Waals surface area contributed by atoms with E-state index >= 15 is 0 Å². The summed E-state index contributed by atoms with van der Waals surface area (Å²) in [6.45, 7) is 0.517. The van der Waals surface area contributed by atoms with Gasteiger partial charge in [-0.25, -0.2) is 0 Å². The van der Waals surface area contributed by atoms with Crippen molar-refractivity contribution in [1.82, 2.24) is 14.6 Å². The molecule has 0 amide bonds. The first-order valence-corrected chi connectivity index (χ1v) is 11.0. The standard InChI is InChI=1S/C26H19N3O2S/c30-25-23(17-20-11-14-22(15-12-20)31-18-21-9-5-2-6-10-21)32-26-27-24(28-29(25)26)16-13-19-7-3-1-4-8-19/h1-17H,18H2. The summed E-state index contributed by atoms with van der Waals surface area (Å²) in [4.78, 5) is 17.8. The zero-order chi connectivity index (χ0) is 21.8. The van der Waals surface area contributed by atoms with Gasteiger partial charge in [0.05, 0.1) is 4.53 Å². The fourth-order valence-corrected chi connectivity index (χ4v) is 4.12. The fraction of sp³-hybridized carbons (Fsp3) is 0.0385. The summed E-state index contributed by atoms with van der Waals surface area (Å²) >= 11 is 1.33. The van der Waals surface area contributed by atoms with E-state index in [2.05, 4.69) is 10.1 Å². The molecule has 0 atom stereocenters. The van der Waals surface area contributed by atoms with Crippen molar-refractivity contribution in [3.8, 4) is 5.75 Å². The minimum atomic E-state index is -0.165. The number of rotatable bonds is 6. The van der Waals surface area contributed by atoms with E-state index in [0.29, 0.717) is 21.9 Å². The second-order valence-electron chi connectivity index (χ2n) is 7.17. The molecule has 5 nitrogen and oxygen atoms in total. The van der Waals surface area contributed by atoms with Gasteiger partial charge in [-0.3, -0.25) is 4.79 Å². The maximum atomic E-state index is 12.7. The van der Waals surface area contributed by atoms with Crippen molar-refractivity contribution in [3.63, 3.8) is 0 Å². The summed E-state index contributed by atoms with van der Waals surface area (Å²) in [5, 5.41) is 4.33. The minimum absolute atomic E-state index is 0.165. The van der Waals surface area contributed by atoms with Crippen LogP contribution in [0.15, 0.2) is 89.7 Å². The zero-order valence-electron chi connectivity index (χ0n) is 17.1. The van der Waals surface area contributed by atoms with Gasteiger partial charge in [0.15, 0.2) is 5.82 Å². The van der Waals surface area contributed by atoms with Crippen LogP contribution in [0.5, 0.6) is 5.75 Å². The molecular weight excluding hydrogens is 418 g/mol. The number of thiazole rings is 1. The lowest BCUT2D eigenvalue weighted by Crippen LogP contribution is -2.23. The third-order valence-electron chi connectivity index (χ3n) is 4.85. The normalized spacial score (nSPS) is 12.1. The van der Waals surface area contributed by atoms with E-state index in [-0.39, 0.29) is 5.56 Å². The highest BCUT2D eigenvalue weighted by Gasteiger charge is 2.09. The van der Waals surface area contributed by atoms with E-state index in [1.54, 1.807) is 0 Å². The number of aromatic nitrogens is 3. The molecule has 0 unspecified atom stereocenters. The van der Waals surface area contributed by atoms with Crippen LogP contribution >= 0.6 is 11.3 Å². The molecule has 0 aliphatic heterocycles. The molecule has 0 aliphatic rings. The van der Waals surface area contributed by atoms with Crippen LogP contribution in [0, 0.1) is 0 Å². The van der Waals surface area contributed by atoms with Gasteiger partial charge in [-0.1, -0.05) is 90.2 Å². The predicted octanol–water partition coefficient (Wildman–Crippen LogP) is 4.45. The number of ether oxygens (including phenoxy) is 1. The molecule has 2 aromatic heterocycles. The van der Waals surface area contributed by atoms with E-state index < -0.39 is 0 Å². The second kappa shape index (κ2) is 8.99. The smallest absolute Gasteiger partial charge is 0.291 e. The van der Waals surface area contributed by atoms with Crippen molar-refractivity contribution in [2.75, 3.05) is 0 Å². The summed E-state index contributed by atoms with van der Waals surface area (Å²) in [7, 11) is 0. The lowest BCUT2D eigenvalue weighted by atomic mass is 10.2. The third-order valence-corrected chi connectivity index (χ3v) is 5.81. The fourth-order valence-electron chi connectivity index (χ4n) is 3.21. The molecule has 2 heterocycles. The lowest BCUT2D eigenvalue weighted by molar-refractivity contribution is 0.306. The zero-order valence-corrected chi connectivity index (χ0v) is 17.9. The van der Waals surface area contributed by atoms with Crippen molar-refractivity contribution >= 4 is 34.5 Å². The molecule has 5 rings (SSSR count). The molecule has 0 bridgehead atoms. The lowest BCUT2D eigenvalue weighted by Gasteiger charge is -2.06. The summed E-state index contributed by atoms with van der Waals surface area (Å²) in [5.74, 6) is 1.30. The van der Waals surface area contributed by atoms with Crippen molar-refractivity contribution < 1.29 is 4.74 Å². The first kappa shape index (κ1) is 19.9. The number of fused-ring (bicyclic) bond motifs is 1. The van der Waals surface area contributed by atoms with Crippen molar-refractivity contribution in [2.45, 2.75) is 6.61 Å². The van der Waals surface area contributed by atoms with Gasteiger partial charge in [0.25, 0.3) is 5.56 Å². The minimum Gasteiger partial charge on any atom is -0.489 e. The van der Waals surface area contributed by atoms with Crippen molar-refractivity contribution in [1.29, 1.82) is 0 Å². The molecule has 0 aliphatic carbocycles. The molecule has 32 heavy (non-hydrogen) atoms. The van der Waals surface area contributed by atoms with Gasteiger partial charge in [-0.15, -0.1) is 5.10 Å². The Labute approximate surface area is 188 Å². The van der Waals surface area contributed by atoms with Crippen LogP contribution in [0.4, 0.5) is 0 Å². The largest absolute Gasteiger partial charge is 0.489 e. The van der Waals surface area contributed by atoms with Gasteiger partial charge >= 0.3 is 0 Å². The predicted molar refractivity (Wildman–Crippen MR) is 129 cm³/mol. The average molecular weight is 438 g/mol. The van der Waals surface area contributed by atoms with Gasteiger partial charge in [0.2, 0.25) is 4.96 Å². The van der Waals surface area contributed by atoms with E-state index in [4.69, 9.17) is 4.74 Å². The first-order valence-electron chi connectivity index (χ1n) is 10.2. The monoisotopic (exact) mass is 437 g/mol. The highest BCUT2D eigenvalue weighted by molar-refractivity contribution is 7.15. The van der Waals surface area contributed by atoms with E-state index in [0.717, 1.165) is 22.4 Å². The quantitative estimate of drug-likeness (QED) is 0.394. The molecule has 0 saturated carbocycles. The van der Waals surface area contributed by atoms with Crippen molar-refractivity contribution in [3.05, 3.63) is 122 Å². The summed E-state index contributed by atoms with van der Waals surface area (Å²) in [5.41, 5.74) is 2.92. The Morgan fingerprint density at radius 2 is 1.56 bits per heavy atom. The molecule has 156 valence electrons. The molecule has 6 heteroatoms. The van der Waals surface area contributed by atoms with Gasteiger partial charge < -0.3 is 4.74 Å². The van der Waals surface area contributed by atoms with Crippen LogP contribution in [0.2, 0.25) is 0 Å². The van der Waals surface area contributed by atoms with Gasteiger partial charge in [0, 0.05) is 0 Å². The van der Waals surface area contributed by atoms with Crippen LogP contribution in [0.1, 0.15) is 22.5 Å². The van der Waals surface area contributed by atoms with Crippen molar-refractivity contribution in [2.24, 2.45) is 0 Å². The van der Waals surface area contributed by atoms with Gasteiger partial charge in [-0.2, -0.15) is 9.50 Å². The Morgan fingerprint density at radius 3 is 2.28 bits per heavy atom. The first-order chi connectivity index (χ1) is 15.7. The highest BCUT2D eigenvalue weighted by atomic mass is 32.1. The number of benzene rings is 3. The van der Waals surface area contributed by atoms with Gasteiger partial charge in [-0.05, 0) is 41.0 Å². The Morgan fingerprint density at radius 1 is 0.844 bits per heavy atom. The number of hydrogen-bond donors (Lipinski definition) is 0. The summed E-state index contributed by atoms with van der Waals surface area (Å²) in [6, 6.07) is 27.6. The summed E-state index contributed by atoms with van der Waals surface area (Å²) < 4.78 is 7.77. The van der Waals surface area contributed by atoms with Crippen LogP contribution in [-0.4, -0.2) is 14.6 Å². The van der Waals surface area contributed by atoms with Crippen LogP contribution < -0.4 is 14.8 Å².